The number of nitrogen functional groups attached to an aromatic ring is 1. The molecule has 1 aromatic carbocycles. The second kappa shape index (κ2) is 4.67. The summed E-state index contributed by atoms with van der Waals surface area (Å²) in [6.45, 7) is 6.93. The van der Waals surface area contributed by atoms with Crippen LogP contribution in [-0.4, -0.2) is 9.55 Å². The largest absolute Gasteiger partial charge is 0.398 e. The number of pyridine rings is 1. The topological polar surface area (TPSA) is 43.8 Å². The Bertz CT molecular complexity index is 784. The van der Waals surface area contributed by atoms with E-state index in [-0.39, 0.29) is 0 Å². The van der Waals surface area contributed by atoms with Crippen molar-refractivity contribution >= 4 is 16.6 Å². The van der Waals surface area contributed by atoms with Gasteiger partial charge in [-0.2, -0.15) is 0 Å². The summed E-state index contributed by atoms with van der Waals surface area (Å²) < 4.78 is 2.23. The minimum atomic E-state index is 0.753. The van der Waals surface area contributed by atoms with Crippen molar-refractivity contribution in [3.05, 3.63) is 59.0 Å². The van der Waals surface area contributed by atoms with Gasteiger partial charge < -0.3 is 10.3 Å². The fourth-order valence-electron chi connectivity index (χ4n) is 2.63. The Morgan fingerprint density at radius 1 is 1.10 bits per heavy atom. The lowest BCUT2D eigenvalue weighted by Gasteiger charge is -2.11. The van der Waals surface area contributed by atoms with Gasteiger partial charge >= 0.3 is 0 Å². The van der Waals surface area contributed by atoms with E-state index in [9.17, 15) is 0 Å². The van der Waals surface area contributed by atoms with Crippen LogP contribution < -0.4 is 5.73 Å². The number of benzene rings is 1. The van der Waals surface area contributed by atoms with E-state index in [1.165, 1.54) is 16.5 Å². The summed E-state index contributed by atoms with van der Waals surface area (Å²) >= 11 is 0. The highest BCUT2D eigenvalue weighted by atomic mass is 15.0. The highest BCUT2D eigenvalue weighted by molar-refractivity contribution is 5.83. The first-order valence-corrected chi connectivity index (χ1v) is 6.83. The van der Waals surface area contributed by atoms with Crippen molar-refractivity contribution in [1.82, 2.24) is 9.55 Å². The van der Waals surface area contributed by atoms with Gasteiger partial charge in [-0.1, -0.05) is 12.1 Å². The molecule has 0 saturated carbocycles. The normalized spacial score (nSPS) is 11.2. The molecule has 2 N–H and O–H groups in total. The molecule has 3 nitrogen and oxygen atoms in total. The first-order valence-electron chi connectivity index (χ1n) is 6.83. The van der Waals surface area contributed by atoms with Crippen LogP contribution in [-0.2, 0) is 6.54 Å². The number of fused-ring (bicyclic) bond motifs is 1. The van der Waals surface area contributed by atoms with Crippen LogP contribution in [0.4, 0.5) is 5.69 Å². The second-order valence-corrected chi connectivity index (χ2v) is 5.38. The summed E-state index contributed by atoms with van der Waals surface area (Å²) in [5.74, 6) is 0. The third-order valence-electron chi connectivity index (χ3n) is 4.03. The quantitative estimate of drug-likeness (QED) is 0.769. The maximum atomic E-state index is 6.10. The summed E-state index contributed by atoms with van der Waals surface area (Å²) in [6, 6.07) is 8.55. The SMILES string of the molecule is Cc1cnc(Cn2ccc3c(C)cccc32)c(C)c1N. The molecule has 0 saturated heterocycles. The van der Waals surface area contributed by atoms with Crippen LogP contribution in [0.1, 0.15) is 22.4 Å². The van der Waals surface area contributed by atoms with Crippen LogP contribution in [0.5, 0.6) is 0 Å². The van der Waals surface area contributed by atoms with Gasteiger partial charge in [0.2, 0.25) is 0 Å². The zero-order valence-electron chi connectivity index (χ0n) is 12.1. The monoisotopic (exact) mass is 265 g/mol. The molecule has 3 heteroatoms. The van der Waals surface area contributed by atoms with Crippen LogP contribution in [0.25, 0.3) is 10.9 Å². The molecule has 0 atom stereocenters. The predicted octanol–water partition coefficient (Wildman–Crippen LogP) is 3.59. The summed E-state index contributed by atoms with van der Waals surface area (Å²) in [4.78, 5) is 4.54. The lowest BCUT2D eigenvalue weighted by atomic mass is 10.1. The van der Waals surface area contributed by atoms with Crippen LogP contribution in [0, 0.1) is 20.8 Å². The maximum absolute atomic E-state index is 6.10. The number of hydrogen-bond acceptors (Lipinski definition) is 2. The van der Waals surface area contributed by atoms with Crippen LogP contribution in [0.3, 0.4) is 0 Å². The van der Waals surface area contributed by atoms with E-state index in [2.05, 4.69) is 46.9 Å². The van der Waals surface area contributed by atoms with Crippen molar-refractivity contribution in [2.75, 3.05) is 5.73 Å². The number of aryl methyl sites for hydroxylation is 2. The standard InChI is InChI=1S/C17H19N3/c1-11-5-4-6-16-14(11)7-8-20(16)10-15-13(3)17(18)12(2)9-19-15/h4-9H,10H2,1-3H3,(H2,18,19). The van der Waals surface area contributed by atoms with Gasteiger partial charge in [0.25, 0.3) is 0 Å². The van der Waals surface area contributed by atoms with Crippen LogP contribution in [0.2, 0.25) is 0 Å². The zero-order chi connectivity index (χ0) is 14.3. The van der Waals surface area contributed by atoms with Crippen molar-refractivity contribution in [2.45, 2.75) is 27.3 Å². The molecule has 102 valence electrons. The number of anilines is 1. The van der Waals surface area contributed by atoms with Crippen LogP contribution in [0.15, 0.2) is 36.7 Å². The van der Waals surface area contributed by atoms with Crippen LogP contribution >= 0.6 is 0 Å². The third kappa shape index (κ3) is 1.95. The Kier molecular flexibility index (Phi) is 2.97. The summed E-state index contributed by atoms with van der Waals surface area (Å²) in [5.41, 5.74) is 12.6. The molecule has 0 aliphatic carbocycles. The molecule has 0 unspecified atom stereocenters. The van der Waals surface area contributed by atoms with E-state index in [0.717, 1.165) is 29.1 Å². The second-order valence-electron chi connectivity index (χ2n) is 5.38. The average molecular weight is 265 g/mol. The first-order chi connectivity index (χ1) is 9.58. The number of rotatable bonds is 2. The number of hydrogen-bond donors (Lipinski definition) is 1. The number of nitrogens with zero attached hydrogens (tertiary/aromatic N) is 2. The number of nitrogens with two attached hydrogens (primary N) is 1. The van der Waals surface area contributed by atoms with Crippen molar-refractivity contribution < 1.29 is 0 Å². The molecule has 0 bridgehead atoms. The molecular formula is C17H19N3. The Morgan fingerprint density at radius 3 is 2.70 bits per heavy atom. The van der Waals surface area contributed by atoms with E-state index in [0.29, 0.717) is 0 Å². The first kappa shape index (κ1) is 12.7. The van der Waals surface area contributed by atoms with Gasteiger partial charge in [0.05, 0.1) is 12.2 Å². The molecule has 0 radical (unpaired) electrons. The molecule has 3 rings (SSSR count). The predicted molar refractivity (Wildman–Crippen MR) is 83.9 cm³/mol. The highest BCUT2D eigenvalue weighted by Gasteiger charge is 2.09. The van der Waals surface area contributed by atoms with E-state index in [1.807, 2.05) is 20.0 Å². The van der Waals surface area contributed by atoms with Crippen molar-refractivity contribution in [1.29, 1.82) is 0 Å². The molecule has 0 aliphatic heterocycles. The van der Waals surface area contributed by atoms with Crippen molar-refractivity contribution in [3.63, 3.8) is 0 Å². The number of aromatic nitrogens is 2. The third-order valence-corrected chi connectivity index (χ3v) is 4.03. The minimum Gasteiger partial charge on any atom is -0.398 e. The summed E-state index contributed by atoms with van der Waals surface area (Å²) in [7, 11) is 0. The molecular weight excluding hydrogens is 246 g/mol. The summed E-state index contributed by atoms with van der Waals surface area (Å²) in [6.07, 6.45) is 3.98. The lowest BCUT2D eigenvalue weighted by molar-refractivity contribution is 0.799. The smallest absolute Gasteiger partial charge is 0.0652 e. The Balaban J connectivity index is 2.06. The zero-order valence-corrected chi connectivity index (χ0v) is 12.1. The average Bonchev–Trinajstić information content (AvgIpc) is 2.84. The fraction of sp³-hybridized carbons (Fsp3) is 0.235. The van der Waals surface area contributed by atoms with E-state index >= 15 is 0 Å². The minimum absolute atomic E-state index is 0.753. The molecule has 2 heterocycles. The fourth-order valence-corrected chi connectivity index (χ4v) is 2.63. The van der Waals surface area contributed by atoms with Crippen molar-refractivity contribution in [3.8, 4) is 0 Å². The maximum Gasteiger partial charge on any atom is 0.0652 e. The van der Waals surface area contributed by atoms with Crippen molar-refractivity contribution in [2.24, 2.45) is 0 Å². The van der Waals surface area contributed by atoms with Gasteiger partial charge in [0, 0.05) is 29.0 Å². The Labute approximate surface area is 119 Å². The highest BCUT2D eigenvalue weighted by Crippen LogP contribution is 2.23. The van der Waals surface area contributed by atoms with E-state index in [4.69, 9.17) is 5.73 Å². The van der Waals surface area contributed by atoms with E-state index < -0.39 is 0 Å². The van der Waals surface area contributed by atoms with E-state index in [1.54, 1.807) is 0 Å². The van der Waals surface area contributed by atoms with Gasteiger partial charge in [-0.25, -0.2) is 0 Å². The Morgan fingerprint density at radius 2 is 1.90 bits per heavy atom. The molecule has 20 heavy (non-hydrogen) atoms. The van der Waals surface area contributed by atoms with Gasteiger partial charge in [0.15, 0.2) is 0 Å². The molecule has 0 spiro atoms. The molecule has 2 aromatic heterocycles. The van der Waals surface area contributed by atoms with Gasteiger partial charge in [-0.3, -0.25) is 4.98 Å². The molecule has 0 aliphatic rings. The summed E-state index contributed by atoms with van der Waals surface area (Å²) in [5, 5.41) is 1.30. The Hall–Kier alpha value is -2.29. The molecule has 0 amide bonds. The molecule has 0 fully saturated rings. The van der Waals surface area contributed by atoms with Gasteiger partial charge in [-0.15, -0.1) is 0 Å². The van der Waals surface area contributed by atoms with Gasteiger partial charge in [-0.05, 0) is 49.6 Å². The van der Waals surface area contributed by atoms with Gasteiger partial charge in [0.1, 0.15) is 0 Å². The molecule has 3 aromatic rings. The lowest BCUT2D eigenvalue weighted by Crippen LogP contribution is -2.06.